The summed E-state index contributed by atoms with van der Waals surface area (Å²) < 4.78 is 76.9. The molecule has 0 N–H and O–H groups in total. The Bertz CT molecular complexity index is 728. The number of nitrogens with zero attached hydrogens (tertiary/aromatic N) is 3. The minimum atomic E-state index is -5.93. The molecular weight excluding hydrogens is 332 g/mol. The van der Waals surface area contributed by atoms with E-state index in [9.17, 15) is 36.5 Å². The smallest absolute Gasteiger partial charge is 0.258 e. The third-order valence-corrected chi connectivity index (χ3v) is 2.92. The minimum absolute atomic E-state index is 0.602. The highest BCUT2D eigenvalue weighted by Crippen LogP contribution is 2.47. The average Bonchev–Trinajstić information content (AvgIpc) is 2.69. The van der Waals surface area contributed by atoms with Gasteiger partial charge in [0, 0.05) is 6.07 Å². The minimum Gasteiger partial charge on any atom is -0.258 e. The van der Waals surface area contributed by atoms with E-state index in [-0.39, 0.29) is 0 Å². The van der Waals surface area contributed by atoms with Crippen LogP contribution in [0.15, 0.2) is 22.1 Å². The fraction of sp³-hybridized carbons (Fsp3) is 0.333. The van der Waals surface area contributed by atoms with E-state index in [4.69, 9.17) is 11.6 Å². The normalized spacial score (nSPS) is 16.9. The Kier molecular flexibility index (Phi) is 3.16. The molecule has 1 aromatic rings. The number of nitro groups is 1. The number of rotatable bonds is 1. The van der Waals surface area contributed by atoms with Gasteiger partial charge in [0.1, 0.15) is 5.36 Å². The van der Waals surface area contributed by atoms with Gasteiger partial charge >= 0.3 is 18.0 Å². The van der Waals surface area contributed by atoms with Gasteiger partial charge in [0.15, 0.2) is 5.36 Å². The van der Waals surface area contributed by atoms with E-state index in [0.717, 1.165) is 6.07 Å². The molecule has 1 aromatic carbocycles. The molecule has 0 fully saturated rings. The molecule has 0 saturated heterocycles. The van der Waals surface area contributed by atoms with Gasteiger partial charge in [-0.3, -0.25) is 10.1 Å². The second-order valence-corrected chi connectivity index (χ2v) is 4.32. The molecule has 21 heavy (non-hydrogen) atoms. The molecule has 0 bridgehead atoms. The monoisotopic (exact) mass is 333 g/mol. The molecule has 5 nitrogen and oxygen atoms in total. The zero-order valence-corrected chi connectivity index (χ0v) is 10.2. The highest BCUT2D eigenvalue weighted by atomic mass is 35.5. The summed E-state index contributed by atoms with van der Waals surface area (Å²) in [6.07, 6.45) is -11.9. The van der Waals surface area contributed by atoms with Crippen molar-refractivity contribution >= 4 is 17.3 Å². The molecule has 1 aliphatic rings. The van der Waals surface area contributed by atoms with E-state index >= 15 is 0 Å². The number of non-ortho nitro benzene ring substituents is 1. The second-order valence-electron chi connectivity index (χ2n) is 3.91. The summed E-state index contributed by atoms with van der Waals surface area (Å²) in [6.45, 7) is 0. The standard InChI is InChI=1S/C9H2ClF6N3O2/c10-3-1-2-4(19(20)21)6-5(3)17-7(18-6,8(11,12)13)9(14,15)16/h1-2H. The van der Waals surface area contributed by atoms with Gasteiger partial charge in [0.25, 0.3) is 5.69 Å². The quantitative estimate of drug-likeness (QED) is 0.449. The molecule has 0 aromatic heterocycles. The van der Waals surface area contributed by atoms with E-state index in [2.05, 4.69) is 9.98 Å². The van der Waals surface area contributed by atoms with Crippen LogP contribution in [0.3, 0.4) is 0 Å². The van der Waals surface area contributed by atoms with Crippen molar-refractivity contribution in [1.82, 2.24) is 0 Å². The van der Waals surface area contributed by atoms with Gasteiger partial charge in [-0.1, -0.05) is 11.6 Å². The SMILES string of the molecule is O=[N+]([O-])c1ccc(Cl)c2c1=NC(C(F)(F)F)(C(F)(F)F)N=2. The lowest BCUT2D eigenvalue weighted by atomic mass is 10.1. The molecule has 1 heterocycles. The van der Waals surface area contributed by atoms with Gasteiger partial charge in [-0.2, -0.15) is 26.3 Å². The zero-order chi connectivity index (χ0) is 16.2. The molecular formula is C9H2ClF6N3O2. The number of hydrogen-bond donors (Lipinski definition) is 0. The first-order valence-electron chi connectivity index (χ1n) is 4.97. The third kappa shape index (κ3) is 2.11. The second kappa shape index (κ2) is 4.29. The predicted molar refractivity (Wildman–Crippen MR) is 55.3 cm³/mol. The van der Waals surface area contributed by atoms with Crippen LogP contribution in [0, 0.1) is 10.1 Å². The van der Waals surface area contributed by atoms with Crippen LogP contribution in [0.2, 0.25) is 5.02 Å². The summed E-state index contributed by atoms with van der Waals surface area (Å²) in [7, 11) is 0. The molecule has 12 heteroatoms. The van der Waals surface area contributed by atoms with Gasteiger partial charge in [0.05, 0.1) is 9.95 Å². The predicted octanol–water partition coefficient (Wildman–Crippen LogP) is 2.32. The Balaban J connectivity index is 2.94. The lowest BCUT2D eigenvalue weighted by Crippen LogP contribution is -2.53. The largest absolute Gasteiger partial charge is 0.443 e. The summed E-state index contributed by atoms with van der Waals surface area (Å²) in [6, 6.07) is 1.43. The number of halogens is 7. The maximum absolute atomic E-state index is 12.8. The van der Waals surface area contributed by atoms with Crippen LogP contribution >= 0.6 is 11.6 Å². The van der Waals surface area contributed by atoms with Crippen LogP contribution in [-0.2, 0) is 0 Å². The highest BCUT2D eigenvalue weighted by molar-refractivity contribution is 6.30. The summed E-state index contributed by atoms with van der Waals surface area (Å²) in [5, 5.41) is 7.91. The lowest BCUT2D eigenvalue weighted by molar-refractivity contribution is -0.386. The first kappa shape index (κ1) is 15.5. The Hall–Kier alpha value is -1.91. The fourth-order valence-electron chi connectivity index (χ4n) is 1.67. The van der Waals surface area contributed by atoms with Crippen LogP contribution in [0.25, 0.3) is 0 Å². The Morgan fingerprint density at radius 2 is 1.52 bits per heavy atom. The maximum atomic E-state index is 12.8. The van der Waals surface area contributed by atoms with Crippen molar-refractivity contribution < 1.29 is 31.3 Å². The van der Waals surface area contributed by atoms with Crippen molar-refractivity contribution in [2.24, 2.45) is 9.98 Å². The van der Waals surface area contributed by atoms with Crippen molar-refractivity contribution in [1.29, 1.82) is 0 Å². The fourth-order valence-corrected chi connectivity index (χ4v) is 1.87. The molecule has 1 aliphatic heterocycles. The van der Waals surface area contributed by atoms with Gasteiger partial charge in [-0.05, 0) is 6.07 Å². The van der Waals surface area contributed by atoms with Crippen molar-refractivity contribution in [2.75, 3.05) is 0 Å². The summed E-state index contributed by atoms with van der Waals surface area (Å²) >= 11 is 5.46. The topological polar surface area (TPSA) is 67.9 Å². The molecule has 114 valence electrons. The molecule has 0 radical (unpaired) electrons. The summed E-state index contributed by atoms with van der Waals surface area (Å²) in [5.74, 6) is 0. The summed E-state index contributed by atoms with van der Waals surface area (Å²) in [5.41, 5.74) is -5.84. The van der Waals surface area contributed by atoms with E-state index < -0.39 is 44.4 Å². The highest BCUT2D eigenvalue weighted by Gasteiger charge is 2.73. The van der Waals surface area contributed by atoms with Gasteiger partial charge < -0.3 is 0 Å². The maximum Gasteiger partial charge on any atom is 0.443 e. The van der Waals surface area contributed by atoms with Crippen molar-refractivity contribution in [3.05, 3.63) is 38.0 Å². The van der Waals surface area contributed by atoms with Crippen molar-refractivity contribution in [3.63, 3.8) is 0 Å². The van der Waals surface area contributed by atoms with E-state index in [0.29, 0.717) is 6.07 Å². The molecule has 0 amide bonds. The molecule has 0 atom stereocenters. The lowest BCUT2D eigenvalue weighted by Gasteiger charge is -2.27. The first-order chi connectivity index (χ1) is 9.41. The number of benzene rings is 1. The van der Waals surface area contributed by atoms with Crippen molar-refractivity contribution in [2.45, 2.75) is 18.0 Å². The number of alkyl halides is 6. The van der Waals surface area contributed by atoms with Crippen LogP contribution < -0.4 is 10.7 Å². The van der Waals surface area contributed by atoms with E-state index in [1.54, 1.807) is 0 Å². The Labute approximate surface area is 115 Å². The summed E-state index contributed by atoms with van der Waals surface area (Å²) in [4.78, 5) is 14.5. The first-order valence-corrected chi connectivity index (χ1v) is 5.34. The average molecular weight is 334 g/mol. The van der Waals surface area contributed by atoms with Gasteiger partial charge in [-0.15, -0.1) is 0 Å². The molecule has 0 unspecified atom stereocenters. The molecule has 2 rings (SSSR count). The Morgan fingerprint density at radius 3 is 1.95 bits per heavy atom. The van der Waals surface area contributed by atoms with E-state index in [1.165, 1.54) is 0 Å². The van der Waals surface area contributed by atoms with E-state index in [1.807, 2.05) is 0 Å². The van der Waals surface area contributed by atoms with Gasteiger partial charge in [0.2, 0.25) is 0 Å². The Morgan fingerprint density at radius 1 is 1.05 bits per heavy atom. The zero-order valence-electron chi connectivity index (χ0n) is 9.46. The van der Waals surface area contributed by atoms with Gasteiger partial charge in [-0.25, -0.2) is 9.98 Å². The number of hydrogen-bond acceptors (Lipinski definition) is 4. The number of fused-ring (bicyclic) bond motifs is 1. The van der Waals surface area contributed by atoms with Crippen LogP contribution in [0.4, 0.5) is 32.0 Å². The van der Waals surface area contributed by atoms with Crippen molar-refractivity contribution in [3.8, 4) is 0 Å². The van der Waals surface area contributed by atoms with Crippen LogP contribution in [0.5, 0.6) is 0 Å². The third-order valence-electron chi connectivity index (χ3n) is 2.62. The van der Waals surface area contributed by atoms with Crippen LogP contribution in [0.1, 0.15) is 0 Å². The molecule has 0 saturated carbocycles. The number of nitro benzene ring substituents is 1. The molecule has 0 spiro atoms. The van der Waals surface area contributed by atoms with Crippen LogP contribution in [-0.4, -0.2) is 22.9 Å². The molecule has 0 aliphatic carbocycles.